The number of alkyl carbamates (subject to hydrolysis) is 2. The third-order valence-corrected chi connectivity index (χ3v) is 6.34. The highest BCUT2D eigenvalue weighted by Crippen LogP contribution is 2.44. The fourth-order valence-corrected chi connectivity index (χ4v) is 4.48. The van der Waals surface area contributed by atoms with Gasteiger partial charge >= 0.3 is 18.2 Å². The van der Waals surface area contributed by atoms with Crippen LogP contribution in [0.5, 0.6) is 0 Å². The van der Waals surface area contributed by atoms with Crippen molar-refractivity contribution in [3.05, 3.63) is 95.6 Å². The SMILES string of the molecule is O=C(NCCCCC(NC(=O)OCC1c2ccccc2-c2ccccc21)C(=O)O)OCc1ccccc1. The number of rotatable bonds is 11. The molecule has 0 heterocycles. The minimum absolute atomic E-state index is 0.103. The molecule has 1 aliphatic carbocycles. The number of hydrogen-bond acceptors (Lipinski definition) is 5. The van der Waals surface area contributed by atoms with Gasteiger partial charge in [-0.05, 0) is 47.1 Å². The fourth-order valence-electron chi connectivity index (χ4n) is 4.48. The summed E-state index contributed by atoms with van der Waals surface area (Å²) in [5.41, 5.74) is 5.30. The summed E-state index contributed by atoms with van der Waals surface area (Å²) in [5, 5.41) is 14.6. The first kappa shape index (κ1) is 25.8. The summed E-state index contributed by atoms with van der Waals surface area (Å²) in [6, 6.07) is 24.3. The van der Waals surface area contributed by atoms with Gasteiger partial charge in [0.1, 0.15) is 19.3 Å². The third-order valence-electron chi connectivity index (χ3n) is 6.34. The highest BCUT2D eigenvalue weighted by atomic mass is 16.6. The van der Waals surface area contributed by atoms with E-state index in [0.29, 0.717) is 19.4 Å². The second-order valence-corrected chi connectivity index (χ2v) is 8.84. The highest BCUT2D eigenvalue weighted by Gasteiger charge is 2.29. The molecule has 0 spiro atoms. The van der Waals surface area contributed by atoms with Crippen molar-refractivity contribution in [2.75, 3.05) is 13.2 Å². The van der Waals surface area contributed by atoms with Crippen LogP contribution in [-0.2, 0) is 20.9 Å². The number of carbonyl (C=O) groups excluding carboxylic acids is 2. The van der Waals surface area contributed by atoms with Crippen LogP contribution in [0.25, 0.3) is 11.1 Å². The van der Waals surface area contributed by atoms with Crippen LogP contribution in [0.15, 0.2) is 78.9 Å². The van der Waals surface area contributed by atoms with Crippen molar-refractivity contribution >= 4 is 18.2 Å². The Morgan fingerprint density at radius 3 is 2.05 bits per heavy atom. The first-order chi connectivity index (χ1) is 18.0. The van der Waals surface area contributed by atoms with Crippen LogP contribution in [0.1, 0.15) is 41.9 Å². The van der Waals surface area contributed by atoms with Crippen LogP contribution < -0.4 is 10.6 Å². The number of carboxylic acids is 1. The minimum Gasteiger partial charge on any atom is -0.480 e. The molecule has 8 nitrogen and oxygen atoms in total. The molecule has 3 N–H and O–H groups in total. The molecule has 37 heavy (non-hydrogen) atoms. The molecule has 0 aromatic heterocycles. The summed E-state index contributed by atoms with van der Waals surface area (Å²) in [6.45, 7) is 0.629. The number of nitrogens with one attached hydrogen (secondary N) is 2. The van der Waals surface area contributed by atoms with E-state index < -0.39 is 24.2 Å². The average Bonchev–Trinajstić information content (AvgIpc) is 3.24. The van der Waals surface area contributed by atoms with Gasteiger partial charge in [0, 0.05) is 12.5 Å². The quantitative estimate of drug-likeness (QED) is 0.315. The first-order valence-corrected chi connectivity index (χ1v) is 12.3. The van der Waals surface area contributed by atoms with Crippen molar-refractivity contribution in [1.29, 1.82) is 0 Å². The van der Waals surface area contributed by atoms with Crippen LogP contribution in [-0.4, -0.2) is 42.5 Å². The lowest BCUT2D eigenvalue weighted by Gasteiger charge is -2.17. The molecular weight excluding hydrogens is 472 g/mol. The summed E-state index contributed by atoms with van der Waals surface area (Å²) in [5.74, 6) is -1.24. The van der Waals surface area contributed by atoms with Crippen molar-refractivity contribution in [3.63, 3.8) is 0 Å². The second-order valence-electron chi connectivity index (χ2n) is 8.84. The molecule has 0 radical (unpaired) electrons. The molecule has 192 valence electrons. The molecule has 0 saturated carbocycles. The molecule has 2 amide bonds. The lowest BCUT2D eigenvalue weighted by atomic mass is 9.98. The third kappa shape index (κ3) is 6.88. The zero-order valence-corrected chi connectivity index (χ0v) is 20.4. The Labute approximate surface area is 215 Å². The Hall–Kier alpha value is -4.33. The van der Waals surface area contributed by atoms with Crippen molar-refractivity contribution in [1.82, 2.24) is 10.6 Å². The van der Waals surface area contributed by atoms with Crippen molar-refractivity contribution in [3.8, 4) is 11.1 Å². The average molecular weight is 503 g/mol. The van der Waals surface area contributed by atoms with Gasteiger partial charge in [0.25, 0.3) is 0 Å². The van der Waals surface area contributed by atoms with Gasteiger partial charge in [-0.2, -0.15) is 0 Å². The van der Waals surface area contributed by atoms with Gasteiger partial charge in [-0.25, -0.2) is 14.4 Å². The van der Waals surface area contributed by atoms with Gasteiger partial charge in [-0.1, -0.05) is 78.9 Å². The van der Waals surface area contributed by atoms with Gasteiger partial charge in [0.15, 0.2) is 0 Å². The maximum absolute atomic E-state index is 12.4. The first-order valence-electron chi connectivity index (χ1n) is 12.3. The second kappa shape index (κ2) is 12.6. The molecule has 0 bridgehead atoms. The number of carbonyl (C=O) groups is 3. The summed E-state index contributed by atoms with van der Waals surface area (Å²) in [7, 11) is 0. The van der Waals surface area contributed by atoms with E-state index in [1.54, 1.807) is 0 Å². The number of amides is 2. The largest absolute Gasteiger partial charge is 0.480 e. The molecule has 0 aliphatic heterocycles. The topological polar surface area (TPSA) is 114 Å². The predicted molar refractivity (Wildman–Crippen MR) is 138 cm³/mol. The van der Waals surface area contributed by atoms with Gasteiger partial charge in [0.2, 0.25) is 0 Å². The molecule has 1 aliphatic rings. The van der Waals surface area contributed by atoms with E-state index in [1.165, 1.54) is 0 Å². The van der Waals surface area contributed by atoms with Crippen molar-refractivity contribution in [2.24, 2.45) is 0 Å². The zero-order chi connectivity index (χ0) is 26.0. The molecule has 1 unspecified atom stereocenters. The Morgan fingerprint density at radius 2 is 1.41 bits per heavy atom. The van der Waals surface area contributed by atoms with Gasteiger partial charge in [0.05, 0.1) is 0 Å². The van der Waals surface area contributed by atoms with Gasteiger partial charge < -0.3 is 25.2 Å². The summed E-state index contributed by atoms with van der Waals surface area (Å²) in [4.78, 5) is 35.9. The van der Waals surface area contributed by atoms with Gasteiger partial charge in [-0.15, -0.1) is 0 Å². The molecular formula is C29H30N2O6. The van der Waals surface area contributed by atoms with Crippen molar-refractivity contribution in [2.45, 2.75) is 37.8 Å². The van der Waals surface area contributed by atoms with Crippen LogP contribution in [0.4, 0.5) is 9.59 Å². The molecule has 0 saturated heterocycles. The van der Waals surface area contributed by atoms with Gasteiger partial charge in [-0.3, -0.25) is 0 Å². The Balaban J connectivity index is 1.18. The van der Waals surface area contributed by atoms with Crippen LogP contribution in [0.2, 0.25) is 0 Å². The maximum atomic E-state index is 12.4. The van der Waals surface area contributed by atoms with E-state index in [1.807, 2.05) is 78.9 Å². The molecule has 1 atom stereocenters. The minimum atomic E-state index is -1.14. The normalized spacial score (nSPS) is 12.6. The molecule has 4 rings (SSSR count). The monoisotopic (exact) mass is 502 g/mol. The smallest absolute Gasteiger partial charge is 0.407 e. The standard InChI is InChI=1S/C29H30N2O6/c32-27(33)26(16-8-9-17-30-28(34)36-18-20-10-2-1-3-11-20)31-29(35)37-19-25-23-14-6-4-12-21(23)22-13-5-7-15-24(22)25/h1-7,10-15,25-26H,8-9,16-19H2,(H,30,34)(H,31,35)(H,32,33). The van der Waals surface area contributed by atoms with E-state index >= 15 is 0 Å². The number of unbranched alkanes of at least 4 members (excludes halogenated alkanes) is 1. The Kier molecular flexibility index (Phi) is 8.75. The van der Waals surface area contributed by atoms with E-state index in [9.17, 15) is 19.5 Å². The number of ether oxygens (including phenoxy) is 2. The van der Waals surface area contributed by atoms with Crippen molar-refractivity contribution < 1.29 is 29.0 Å². The number of benzene rings is 3. The molecule has 8 heteroatoms. The van der Waals surface area contributed by atoms with E-state index in [4.69, 9.17) is 9.47 Å². The maximum Gasteiger partial charge on any atom is 0.407 e. The zero-order valence-electron chi connectivity index (χ0n) is 20.4. The lowest BCUT2D eigenvalue weighted by Crippen LogP contribution is -2.41. The van der Waals surface area contributed by atoms with Crippen LogP contribution >= 0.6 is 0 Å². The van der Waals surface area contributed by atoms with E-state index in [2.05, 4.69) is 10.6 Å². The number of fused-ring (bicyclic) bond motifs is 3. The summed E-state index contributed by atoms with van der Waals surface area (Å²) in [6.07, 6.45) is -0.0662. The molecule has 0 fully saturated rings. The molecule has 3 aromatic carbocycles. The van der Waals surface area contributed by atoms with Crippen LogP contribution in [0.3, 0.4) is 0 Å². The number of hydrogen-bond donors (Lipinski definition) is 3. The Bertz CT molecular complexity index is 1180. The lowest BCUT2D eigenvalue weighted by molar-refractivity contribution is -0.139. The molecule has 3 aromatic rings. The number of carboxylic acid groups (broad SMARTS) is 1. The highest BCUT2D eigenvalue weighted by molar-refractivity contribution is 5.81. The van der Waals surface area contributed by atoms with Crippen LogP contribution in [0, 0.1) is 0 Å². The Morgan fingerprint density at radius 1 is 0.784 bits per heavy atom. The fraction of sp³-hybridized carbons (Fsp3) is 0.276. The summed E-state index contributed by atoms with van der Waals surface area (Å²) >= 11 is 0. The van der Waals surface area contributed by atoms with E-state index in [-0.39, 0.29) is 25.6 Å². The number of aliphatic carboxylic acids is 1. The predicted octanol–water partition coefficient (Wildman–Crippen LogP) is 5.08. The van der Waals surface area contributed by atoms with E-state index in [0.717, 1.165) is 27.8 Å². The summed E-state index contributed by atoms with van der Waals surface area (Å²) < 4.78 is 10.6.